The molecule has 1 saturated heterocycles. The van der Waals surface area contributed by atoms with E-state index in [1.54, 1.807) is 12.1 Å². The molecule has 1 fully saturated rings. The number of ether oxygens (including phenoxy) is 2. The van der Waals surface area contributed by atoms with Gasteiger partial charge in [-0.25, -0.2) is 4.39 Å². The smallest absolute Gasteiger partial charge is 0.306 e. The molecule has 1 amide bonds. The molecule has 7 nitrogen and oxygen atoms in total. The molecule has 1 N–H and O–H groups in total. The maximum Gasteiger partial charge on any atom is 0.306 e. The fraction of sp³-hybridized carbons (Fsp3) is 0.464. The molecule has 4 rings (SSSR count). The van der Waals surface area contributed by atoms with Crippen molar-refractivity contribution in [3.05, 3.63) is 64.5 Å². The number of morpholine rings is 1. The number of nitrogens with one attached hydrogen (secondary N) is 1. The molecular formula is C28H33FN2O5. The minimum absolute atomic E-state index is 0.0203. The van der Waals surface area contributed by atoms with Crippen LogP contribution < -0.4 is 10.2 Å². The summed E-state index contributed by atoms with van der Waals surface area (Å²) in [6.07, 6.45) is 3.12. The van der Waals surface area contributed by atoms with E-state index in [-0.39, 0.29) is 43.2 Å². The summed E-state index contributed by atoms with van der Waals surface area (Å²) in [6, 6.07) is 10.6. The summed E-state index contributed by atoms with van der Waals surface area (Å²) in [5, 5.41) is 2.63. The standard InChI is InChI=1S/C28H33FN2O5/c1-18-15-31(16-19(2)36-18)25-9-6-20(12-24(25)29)14-30-27(33)17-35-28(34)11-10-26(32)23-8-7-21-4-3-5-22(21)13-23/h6-9,12-13,18-19H,3-5,10-11,14-17H2,1-2H3,(H,30,33). The number of fused-ring (bicyclic) bond motifs is 1. The minimum Gasteiger partial charge on any atom is -0.456 e. The molecule has 2 aromatic carbocycles. The first kappa shape index (κ1) is 25.8. The number of ketones is 1. The molecule has 0 aromatic heterocycles. The van der Waals surface area contributed by atoms with Crippen molar-refractivity contribution < 1.29 is 28.2 Å². The fourth-order valence-corrected chi connectivity index (χ4v) is 4.87. The van der Waals surface area contributed by atoms with Crippen molar-refractivity contribution in [2.24, 2.45) is 0 Å². The lowest BCUT2D eigenvalue weighted by Crippen LogP contribution is -2.45. The molecule has 2 unspecified atom stereocenters. The number of aryl methyl sites for hydroxylation is 2. The van der Waals surface area contributed by atoms with Gasteiger partial charge in [-0.2, -0.15) is 0 Å². The van der Waals surface area contributed by atoms with Crippen molar-refractivity contribution in [3.8, 4) is 0 Å². The lowest BCUT2D eigenvalue weighted by Gasteiger charge is -2.37. The highest BCUT2D eigenvalue weighted by atomic mass is 19.1. The van der Waals surface area contributed by atoms with E-state index in [1.165, 1.54) is 17.2 Å². The topological polar surface area (TPSA) is 84.9 Å². The van der Waals surface area contributed by atoms with Crippen LogP contribution in [0.15, 0.2) is 36.4 Å². The Morgan fingerprint density at radius 1 is 1.03 bits per heavy atom. The van der Waals surface area contributed by atoms with E-state index in [9.17, 15) is 18.8 Å². The summed E-state index contributed by atoms with van der Waals surface area (Å²) < 4.78 is 25.4. The van der Waals surface area contributed by atoms with Crippen LogP contribution in [0.5, 0.6) is 0 Å². The summed E-state index contributed by atoms with van der Waals surface area (Å²) in [7, 11) is 0. The number of anilines is 1. The van der Waals surface area contributed by atoms with Crippen LogP contribution in [0.1, 0.15) is 60.2 Å². The van der Waals surface area contributed by atoms with E-state index in [0.29, 0.717) is 29.9 Å². The normalized spacial score (nSPS) is 19.0. The van der Waals surface area contributed by atoms with Crippen molar-refractivity contribution in [2.75, 3.05) is 24.6 Å². The van der Waals surface area contributed by atoms with E-state index in [1.807, 2.05) is 36.9 Å². The molecular weight excluding hydrogens is 463 g/mol. The molecule has 1 aliphatic heterocycles. The molecule has 0 radical (unpaired) electrons. The van der Waals surface area contributed by atoms with Crippen LogP contribution >= 0.6 is 0 Å². The molecule has 0 spiro atoms. The van der Waals surface area contributed by atoms with Crippen molar-refractivity contribution >= 4 is 23.3 Å². The number of benzene rings is 2. The molecule has 2 atom stereocenters. The highest BCUT2D eigenvalue weighted by molar-refractivity contribution is 5.98. The highest BCUT2D eigenvalue weighted by Gasteiger charge is 2.24. The first-order chi connectivity index (χ1) is 17.3. The zero-order valence-corrected chi connectivity index (χ0v) is 20.8. The van der Waals surface area contributed by atoms with E-state index >= 15 is 0 Å². The molecule has 36 heavy (non-hydrogen) atoms. The monoisotopic (exact) mass is 496 g/mol. The van der Waals surface area contributed by atoms with Gasteiger partial charge in [-0.1, -0.05) is 18.2 Å². The Balaban J connectivity index is 1.18. The van der Waals surface area contributed by atoms with Gasteiger partial charge in [0.05, 0.1) is 24.3 Å². The maximum atomic E-state index is 14.7. The van der Waals surface area contributed by atoms with Crippen molar-refractivity contribution in [2.45, 2.75) is 64.7 Å². The van der Waals surface area contributed by atoms with Crippen molar-refractivity contribution in [3.63, 3.8) is 0 Å². The van der Waals surface area contributed by atoms with Crippen molar-refractivity contribution in [1.29, 1.82) is 0 Å². The first-order valence-corrected chi connectivity index (χ1v) is 12.5. The molecule has 8 heteroatoms. The Labute approximate surface area is 211 Å². The molecule has 2 aliphatic rings. The number of halogens is 1. The quantitative estimate of drug-likeness (QED) is 0.421. The molecule has 1 heterocycles. The number of esters is 1. The van der Waals surface area contributed by atoms with Crippen molar-refractivity contribution in [1.82, 2.24) is 5.32 Å². The second-order valence-corrected chi connectivity index (χ2v) is 9.65. The number of Topliss-reactive ketones (excluding diaryl/α,β-unsaturated/α-hetero) is 1. The van der Waals surface area contributed by atoms with Gasteiger partial charge in [-0.05, 0) is 68.0 Å². The van der Waals surface area contributed by atoms with Crippen LogP contribution in [0.25, 0.3) is 0 Å². The van der Waals surface area contributed by atoms with E-state index in [4.69, 9.17) is 9.47 Å². The zero-order chi connectivity index (χ0) is 25.7. The summed E-state index contributed by atoms with van der Waals surface area (Å²) in [5.74, 6) is -1.57. The Morgan fingerprint density at radius 3 is 2.53 bits per heavy atom. The van der Waals surface area contributed by atoms with Gasteiger partial charge in [0.25, 0.3) is 5.91 Å². The van der Waals surface area contributed by atoms with Gasteiger partial charge in [0.2, 0.25) is 0 Å². The molecule has 1 aliphatic carbocycles. The number of amides is 1. The van der Waals surface area contributed by atoms with Gasteiger partial charge in [0.15, 0.2) is 12.4 Å². The number of rotatable bonds is 9. The van der Waals surface area contributed by atoms with Crippen LogP contribution in [0, 0.1) is 5.82 Å². The van der Waals surface area contributed by atoms with E-state index < -0.39 is 18.5 Å². The summed E-state index contributed by atoms with van der Waals surface area (Å²) in [5.41, 5.74) is 4.22. The average Bonchev–Trinajstić information content (AvgIpc) is 3.32. The minimum atomic E-state index is -0.607. The first-order valence-electron chi connectivity index (χ1n) is 12.5. The number of carbonyl (C=O) groups is 3. The molecule has 2 aromatic rings. The van der Waals surface area contributed by atoms with Gasteiger partial charge in [0.1, 0.15) is 5.82 Å². The number of nitrogens with zero attached hydrogens (tertiary/aromatic N) is 1. The second-order valence-electron chi connectivity index (χ2n) is 9.65. The van der Waals surface area contributed by atoms with Crippen LogP contribution in [-0.2, 0) is 38.4 Å². The molecule has 0 saturated carbocycles. The third kappa shape index (κ3) is 6.69. The van der Waals surface area contributed by atoms with Crippen LogP contribution in [0.2, 0.25) is 0 Å². The lowest BCUT2D eigenvalue weighted by molar-refractivity contribution is -0.148. The number of hydrogen-bond acceptors (Lipinski definition) is 6. The van der Waals surface area contributed by atoms with Crippen LogP contribution in [-0.4, -0.2) is 49.6 Å². The Kier molecular flexibility index (Phi) is 8.36. The van der Waals surface area contributed by atoms with Crippen LogP contribution in [0.3, 0.4) is 0 Å². The Morgan fingerprint density at radius 2 is 1.78 bits per heavy atom. The van der Waals surface area contributed by atoms with Gasteiger partial charge < -0.3 is 19.7 Å². The predicted octanol–water partition coefficient (Wildman–Crippen LogP) is 3.75. The zero-order valence-electron chi connectivity index (χ0n) is 20.8. The maximum absolute atomic E-state index is 14.7. The summed E-state index contributed by atoms with van der Waals surface area (Å²) >= 11 is 0. The van der Waals surface area contributed by atoms with E-state index in [0.717, 1.165) is 19.3 Å². The van der Waals surface area contributed by atoms with Gasteiger partial charge in [-0.3, -0.25) is 14.4 Å². The van der Waals surface area contributed by atoms with Crippen LogP contribution in [0.4, 0.5) is 10.1 Å². The predicted molar refractivity (Wildman–Crippen MR) is 133 cm³/mol. The third-order valence-electron chi connectivity index (χ3n) is 6.60. The number of carbonyl (C=O) groups excluding carboxylic acids is 3. The van der Waals surface area contributed by atoms with Gasteiger partial charge in [-0.15, -0.1) is 0 Å². The lowest BCUT2D eigenvalue weighted by atomic mass is 10.0. The molecule has 192 valence electrons. The van der Waals surface area contributed by atoms with E-state index in [2.05, 4.69) is 5.32 Å². The highest BCUT2D eigenvalue weighted by Crippen LogP contribution is 2.25. The average molecular weight is 497 g/mol. The Hall–Kier alpha value is -3.26. The second kappa shape index (κ2) is 11.6. The number of hydrogen-bond donors (Lipinski definition) is 1. The summed E-state index contributed by atoms with van der Waals surface area (Å²) in [4.78, 5) is 38.5. The fourth-order valence-electron chi connectivity index (χ4n) is 4.87. The Bertz CT molecular complexity index is 1120. The third-order valence-corrected chi connectivity index (χ3v) is 6.60. The summed E-state index contributed by atoms with van der Waals surface area (Å²) in [6.45, 7) is 4.81. The van der Waals surface area contributed by atoms with Gasteiger partial charge in [0, 0.05) is 31.6 Å². The van der Waals surface area contributed by atoms with Gasteiger partial charge >= 0.3 is 5.97 Å². The molecule has 0 bridgehead atoms. The largest absolute Gasteiger partial charge is 0.456 e. The SMILES string of the molecule is CC1CN(c2ccc(CNC(=O)COC(=O)CCC(=O)c3ccc4c(c3)CCC4)cc2F)CC(C)O1.